The van der Waals surface area contributed by atoms with Crippen molar-refractivity contribution in [2.24, 2.45) is 11.8 Å². The van der Waals surface area contributed by atoms with E-state index >= 15 is 0 Å². The minimum absolute atomic E-state index is 0.0938. The van der Waals surface area contributed by atoms with E-state index < -0.39 is 53.7 Å². The van der Waals surface area contributed by atoms with Crippen molar-refractivity contribution >= 4 is 35.8 Å². The number of amides is 4. The molecule has 2 atom stereocenters. The third-order valence-electron chi connectivity index (χ3n) is 4.34. The Morgan fingerprint density at radius 2 is 1.61 bits per heavy atom. The number of rotatable bonds is 8. The number of carboxylic acid groups (broad SMARTS) is 1. The van der Waals surface area contributed by atoms with Crippen molar-refractivity contribution in [1.29, 1.82) is 0 Å². The Morgan fingerprint density at radius 1 is 1.07 bits per heavy atom. The molecule has 0 aromatic heterocycles. The molecule has 11 heteroatoms. The zero-order chi connectivity index (χ0) is 21.0. The van der Waals surface area contributed by atoms with E-state index in [4.69, 9.17) is 4.74 Å². The zero-order valence-electron chi connectivity index (χ0n) is 15.3. The first kappa shape index (κ1) is 21.1. The highest BCUT2D eigenvalue weighted by atomic mass is 16.8. The maximum Gasteiger partial charge on any atom is 0.534 e. The molecular weight excluding hydrogens is 376 g/mol. The fourth-order valence-electron chi connectivity index (χ4n) is 2.90. The molecule has 0 aromatic carbocycles. The molecule has 1 N–H and O–H groups in total. The van der Waals surface area contributed by atoms with E-state index in [0.29, 0.717) is 5.06 Å². The topological polar surface area (TPSA) is 148 Å². The van der Waals surface area contributed by atoms with Crippen molar-refractivity contribution in [3.63, 3.8) is 0 Å². The van der Waals surface area contributed by atoms with Crippen LogP contribution in [0, 0.1) is 11.8 Å². The highest BCUT2D eigenvalue weighted by Crippen LogP contribution is 2.23. The van der Waals surface area contributed by atoms with Crippen molar-refractivity contribution in [3.8, 4) is 0 Å². The quantitative estimate of drug-likeness (QED) is 0.450. The molecule has 0 radical (unpaired) electrons. The Morgan fingerprint density at radius 3 is 2.07 bits per heavy atom. The van der Waals surface area contributed by atoms with Crippen LogP contribution in [0.2, 0.25) is 0 Å². The summed E-state index contributed by atoms with van der Waals surface area (Å²) in [7, 11) is 0. The predicted molar refractivity (Wildman–Crippen MR) is 88.9 cm³/mol. The highest BCUT2D eigenvalue weighted by molar-refractivity contribution is 6.12. The fourth-order valence-corrected chi connectivity index (χ4v) is 2.90. The number of hydrogen-bond acceptors (Lipinski definition) is 8. The summed E-state index contributed by atoms with van der Waals surface area (Å²) >= 11 is 0. The monoisotopic (exact) mass is 396 g/mol. The van der Waals surface area contributed by atoms with Crippen LogP contribution in [0.1, 0.15) is 33.1 Å². The average molecular weight is 396 g/mol. The van der Waals surface area contributed by atoms with Crippen molar-refractivity contribution < 1.29 is 43.4 Å². The van der Waals surface area contributed by atoms with Gasteiger partial charge in [0, 0.05) is 31.5 Å². The lowest BCUT2D eigenvalue weighted by Crippen LogP contribution is -2.41. The highest BCUT2D eigenvalue weighted by Gasteiger charge is 2.38. The molecule has 11 nitrogen and oxygen atoms in total. The SMILES string of the molecule is CC(C)C(OC(=O)ON1C(=O)CCC1=O)C(CCN1C(=O)C=CC1=O)C(=O)O. The zero-order valence-corrected chi connectivity index (χ0v) is 15.3. The van der Waals surface area contributed by atoms with E-state index in [9.17, 15) is 33.9 Å². The van der Waals surface area contributed by atoms with Gasteiger partial charge >= 0.3 is 12.1 Å². The number of imide groups is 2. The number of nitrogens with zero attached hydrogens (tertiary/aromatic N) is 2. The van der Waals surface area contributed by atoms with Crippen molar-refractivity contribution in [1.82, 2.24) is 9.96 Å². The lowest BCUT2D eigenvalue weighted by molar-refractivity contribution is -0.181. The number of carboxylic acids is 1. The molecule has 152 valence electrons. The Balaban J connectivity index is 2.03. The van der Waals surface area contributed by atoms with E-state index in [1.165, 1.54) is 0 Å². The molecule has 4 amide bonds. The number of ether oxygens (including phenoxy) is 1. The maximum atomic E-state index is 12.0. The van der Waals surface area contributed by atoms with Crippen molar-refractivity contribution in [3.05, 3.63) is 12.2 Å². The first-order valence-electron chi connectivity index (χ1n) is 8.62. The summed E-state index contributed by atoms with van der Waals surface area (Å²) < 4.78 is 5.07. The summed E-state index contributed by atoms with van der Waals surface area (Å²) in [6, 6.07) is 0. The van der Waals surface area contributed by atoms with Gasteiger partial charge in [-0.2, -0.15) is 0 Å². The third-order valence-corrected chi connectivity index (χ3v) is 4.34. The summed E-state index contributed by atoms with van der Waals surface area (Å²) in [5.41, 5.74) is 0. The summed E-state index contributed by atoms with van der Waals surface area (Å²) in [6.07, 6.45) is -0.757. The molecule has 0 bridgehead atoms. The molecule has 28 heavy (non-hydrogen) atoms. The molecule has 0 aliphatic carbocycles. The van der Waals surface area contributed by atoms with Gasteiger partial charge in [-0.05, 0) is 12.3 Å². The van der Waals surface area contributed by atoms with E-state index in [0.717, 1.165) is 17.1 Å². The van der Waals surface area contributed by atoms with Crippen molar-refractivity contribution in [2.75, 3.05) is 6.54 Å². The first-order chi connectivity index (χ1) is 13.1. The van der Waals surface area contributed by atoms with E-state index in [-0.39, 0.29) is 25.8 Å². The first-order valence-corrected chi connectivity index (χ1v) is 8.62. The molecular formula is C17H20N2O9. The summed E-state index contributed by atoms with van der Waals surface area (Å²) in [5, 5.41) is 9.82. The molecule has 2 rings (SSSR count). The van der Waals surface area contributed by atoms with Gasteiger partial charge in [0.2, 0.25) is 0 Å². The number of carbonyl (C=O) groups is 6. The Kier molecular flexibility index (Phi) is 6.49. The Bertz CT molecular complexity index is 709. The molecule has 0 aromatic rings. The van der Waals surface area contributed by atoms with E-state index in [1.807, 2.05) is 0 Å². The molecule has 1 fully saturated rings. The van der Waals surface area contributed by atoms with Gasteiger partial charge < -0.3 is 9.84 Å². The van der Waals surface area contributed by atoms with Crippen LogP contribution in [0.5, 0.6) is 0 Å². The maximum absolute atomic E-state index is 12.0. The summed E-state index contributed by atoms with van der Waals surface area (Å²) in [4.78, 5) is 75.4. The number of hydrogen-bond donors (Lipinski definition) is 1. The second kappa shape index (κ2) is 8.63. The second-order valence-corrected chi connectivity index (χ2v) is 6.64. The van der Waals surface area contributed by atoms with Crippen LogP contribution in [0.4, 0.5) is 4.79 Å². The second-order valence-electron chi connectivity index (χ2n) is 6.64. The fraction of sp³-hybridized carbons (Fsp3) is 0.529. The molecule has 0 saturated carbocycles. The van der Waals surface area contributed by atoms with Crippen LogP contribution in [0.3, 0.4) is 0 Å². The largest absolute Gasteiger partial charge is 0.534 e. The third kappa shape index (κ3) is 4.72. The van der Waals surface area contributed by atoms with E-state index in [2.05, 4.69) is 4.84 Å². The smallest absolute Gasteiger partial charge is 0.481 e. The van der Waals surface area contributed by atoms with Gasteiger partial charge in [0.25, 0.3) is 23.6 Å². The van der Waals surface area contributed by atoms with Crippen LogP contribution >= 0.6 is 0 Å². The summed E-state index contributed by atoms with van der Waals surface area (Å²) in [5.74, 6) is -5.52. The average Bonchev–Trinajstić information content (AvgIpc) is 3.10. The lowest BCUT2D eigenvalue weighted by atomic mass is 9.90. The van der Waals surface area contributed by atoms with Crippen LogP contribution < -0.4 is 0 Å². The predicted octanol–water partition coefficient (Wildman–Crippen LogP) is 0.244. The number of carbonyl (C=O) groups excluding carboxylic acids is 5. The Hall–Kier alpha value is -3.24. The standard InChI is InChI=1S/C17H20N2O9/c1-9(2)15(27-17(26)28-19-13(22)5-6-14(19)23)10(16(24)25)7-8-18-11(20)3-4-12(18)21/h3-4,9-10,15H,5-8H2,1-2H3,(H,24,25). The number of hydroxylamine groups is 2. The molecule has 2 heterocycles. The normalized spacial score (nSPS) is 18.8. The van der Waals surface area contributed by atoms with Crippen LogP contribution in [0.15, 0.2) is 12.2 Å². The van der Waals surface area contributed by atoms with Gasteiger partial charge in [-0.25, -0.2) is 4.79 Å². The summed E-state index contributed by atoms with van der Waals surface area (Å²) in [6.45, 7) is 3.04. The van der Waals surface area contributed by atoms with E-state index in [1.54, 1.807) is 13.8 Å². The minimum atomic E-state index is -1.39. The van der Waals surface area contributed by atoms with Crippen LogP contribution in [-0.4, -0.2) is 63.5 Å². The van der Waals surface area contributed by atoms with Gasteiger partial charge in [0.05, 0.1) is 5.92 Å². The number of aliphatic carboxylic acids is 1. The molecule has 2 aliphatic rings. The van der Waals surface area contributed by atoms with Crippen LogP contribution in [-0.2, 0) is 33.5 Å². The molecule has 2 aliphatic heterocycles. The lowest BCUT2D eigenvalue weighted by Gasteiger charge is -2.28. The van der Waals surface area contributed by atoms with Gasteiger partial charge in [0.1, 0.15) is 6.10 Å². The van der Waals surface area contributed by atoms with Gasteiger partial charge in [-0.1, -0.05) is 18.9 Å². The van der Waals surface area contributed by atoms with Crippen molar-refractivity contribution in [2.45, 2.75) is 39.2 Å². The van der Waals surface area contributed by atoms with Gasteiger partial charge in [0.15, 0.2) is 0 Å². The Labute approximate surface area is 159 Å². The minimum Gasteiger partial charge on any atom is -0.481 e. The van der Waals surface area contributed by atoms with Gasteiger partial charge in [-0.3, -0.25) is 33.7 Å². The molecule has 1 saturated heterocycles. The van der Waals surface area contributed by atoms with Gasteiger partial charge in [-0.15, -0.1) is 0 Å². The molecule has 0 spiro atoms. The van der Waals surface area contributed by atoms with Crippen LogP contribution in [0.25, 0.3) is 0 Å². The molecule has 2 unspecified atom stereocenters.